The second-order valence-corrected chi connectivity index (χ2v) is 8.18. The van der Waals surface area contributed by atoms with Crippen LogP contribution < -0.4 is 10.1 Å². The Morgan fingerprint density at radius 1 is 1.13 bits per heavy atom. The van der Waals surface area contributed by atoms with Crippen LogP contribution in [0.25, 0.3) is 16.4 Å². The standard InChI is InChI=1S/C21H16F2N4O2S2/c1-29-17-6-3-2-5-16(17)27-20(18-7-4-8-30-18)25-26-21(27)31-12-19(28)24-15-10-13(22)9-14(23)11-15/h2-11H,12H2,1H3,(H,24,28). The van der Waals surface area contributed by atoms with Crippen molar-refractivity contribution in [3.05, 3.63) is 71.6 Å². The van der Waals surface area contributed by atoms with Crippen molar-refractivity contribution in [2.75, 3.05) is 18.2 Å². The summed E-state index contributed by atoms with van der Waals surface area (Å²) in [5.74, 6) is -0.743. The number of thiophene rings is 1. The van der Waals surface area contributed by atoms with Crippen LogP contribution in [0.4, 0.5) is 14.5 Å². The number of aromatic nitrogens is 3. The van der Waals surface area contributed by atoms with Gasteiger partial charge in [0.2, 0.25) is 5.91 Å². The van der Waals surface area contributed by atoms with Gasteiger partial charge in [-0.1, -0.05) is 30.0 Å². The maximum absolute atomic E-state index is 13.3. The van der Waals surface area contributed by atoms with Crippen LogP contribution in [0.15, 0.2) is 65.1 Å². The second-order valence-electron chi connectivity index (χ2n) is 6.29. The molecule has 31 heavy (non-hydrogen) atoms. The molecule has 0 radical (unpaired) electrons. The van der Waals surface area contributed by atoms with Gasteiger partial charge in [-0.2, -0.15) is 0 Å². The molecule has 2 aromatic heterocycles. The fourth-order valence-electron chi connectivity index (χ4n) is 2.91. The fraction of sp³-hybridized carbons (Fsp3) is 0.0952. The number of hydrogen-bond acceptors (Lipinski definition) is 6. The number of ether oxygens (including phenoxy) is 1. The quantitative estimate of drug-likeness (QED) is 0.394. The van der Waals surface area contributed by atoms with Crippen molar-refractivity contribution in [3.63, 3.8) is 0 Å². The maximum Gasteiger partial charge on any atom is 0.234 e. The molecule has 4 rings (SSSR count). The summed E-state index contributed by atoms with van der Waals surface area (Å²) < 4.78 is 34.0. The molecule has 0 spiro atoms. The molecule has 0 atom stereocenters. The summed E-state index contributed by atoms with van der Waals surface area (Å²) in [7, 11) is 1.58. The lowest BCUT2D eigenvalue weighted by Crippen LogP contribution is -2.15. The number of nitrogens with zero attached hydrogens (tertiary/aromatic N) is 3. The van der Waals surface area contributed by atoms with Gasteiger partial charge in [-0.15, -0.1) is 21.5 Å². The summed E-state index contributed by atoms with van der Waals surface area (Å²) in [6.07, 6.45) is 0. The van der Waals surface area contributed by atoms with E-state index in [9.17, 15) is 13.6 Å². The van der Waals surface area contributed by atoms with Crippen molar-refractivity contribution in [1.82, 2.24) is 14.8 Å². The molecule has 0 bridgehead atoms. The molecule has 6 nitrogen and oxygen atoms in total. The summed E-state index contributed by atoms with van der Waals surface area (Å²) in [6.45, 7) is 0. The second kappa shape index (κ2) is 9.27. The molecule has 1 N–H and O–H groups in total. The van der Waals surface area contributed by atoms with E-state index in [1.54, 1.807) is 7.11 Å². The minimum Gasteiger partial charge on any atom is -0.495 e. The number of benzene rings is 2. The Kier molecular flexibility index (Phi) is 6.28. The SMILES string of the molecule is COc1ccccc1-n1c(SCC(=O)Nc2cc(F)cc(F)c2)nnc1-c1cccs1. The van der Waals surface area contributed by atoms with Crippen molar-refractivity contribution in [2.45, 2.75) is 5.16 Å². The lowest BCUT2D eigenvalue weighted by Gasteiger charge is -2.13. The van der Waals surface area contributed by atoms with Crippen LogP contribution in [0.2, 0.25) is 0 Å². The van der Waals surface area contributed by atoms with E-state index in [1.165, 1.54) is 11.3 Å². The fourth-order valence-corrected chi connectivity index (χ4v) is 4.36. The predicted molar refractivity (Wildman–Crippen MR) is 117 cm³/mol. The van der Waals surface area contributed by atoms with Gasteiger partial charge in [0.25, 0.3) is 0 Å². The van der Waals surface area contributed by atoms with E-state index in [1.807, 2.05) is 46.3 Å². The van der Waals surface area contributed by atoms with Gasteiger partial charge in [0.1, 0.15) is 17.4 Å². The van der Waals surface area contributed by atoms with Crippen LogP contribution in [0.1, 0.15) is 0 Å². The zero-order valence-corrected chi connectivity index (χ0v) is 17.8. The lowest BCUT2D eigenvalue weighted by atomic mass is 10.3. The first-order valence-electron chi connectivity index (χ1n) is 9.06. The number of para-hydroxylation sites is 2. The molecule has 0 saturated carbocycles. The van der Waals surface area contributed by atoms with E-state index in [2.05, 4.69) is 15.5 Å². The van der Waals surface area contributed by atoms with E-state index in [4.69, 9.17) is 4.74 Å². The van der Waals surface area contributed by atoms with Gasteiger partial charge in [0.05, 0.1) is 23.4 Å². The van der Waals surface area contributed by atoms with Gasteiger partial charge in [-0.25, -0.2) is 8.78 Å². The zero-order valence-electron chi connectivity index (χ0n) is 16.2. The summed E-state index contributed by atoms with van der Waals surface area (Å²) in [5, 5.41) is 13.5. The van der Waals surface area contributed by atoms with Gasteiger partial charge in [-0.05, 0) is 35.7 Å². The minimum atomic E-state index is -0.764. The third-order valence-corrected chi connectivity index (χ3v) is 5.97. The Labute approximate surface area is 184 Å². The summed E-state index contributed by atoms with van der Waals surface area (Å²) in [5.41, 5.74) is 0.780. The predicted octanol–water partition coefficient (Wildman–Crippen LogP) is 5.01. The molecular weight excluding hydrogens is 442 g/mol. The average molecular weight is 459 g/mol. The first-order valence-corrected chi connectivity index (χ1v) is 10.9. The number of amides is 1. The van der Waals surface area contributed by atoms with Crippen molar-refractivity contribution in [3.8, 4) is 22.1 Å². The summed E-state index contributed by atoms with van der Waals surface area (Å²) >= 11 is 2.67. The molecule has 0 aliphatic carbocycles. The summed E-state index contributed by atoms with van der Waals surface area (Å²) in [6, 6.07) is 14.1. The normalized spacial score (nSPS) is 10.8. The van der Waals surface area contributed by atoms with Crippen molar-refractivity contribution in [2.24, 2.45) is 0 Å². The molecule has 2 heterocycles. The van der Waals surface area contributed by atoms with Crippen LogP contribution in [0, 0.1) is 11.6 Å². The Balaban J connectivity index is 1.60. The highest BCUT2D eigenvalue weighted by atomic mass is 32.2. The maximum atomic E-state index is 13.3. The number of thioether (sulfide) groups is 1. The number of methoxy groups -OCH3 is 1. The molecule has 0 saturated heterocycles. The Morgan fingerprint density at radius 2 is 1.90 bits per heavy atom. The number of anilines is 1. The van der Waals surface area contributed by atoms with Crippen LogP contribution >= 0.6 is 23.1 Å². The average Bonchev–Trinajstić information content (AvgIpc) is 3.41. The van der Waals surface area contributed by atoms with Gasteiger partial charge >= 0.3 is 0 Å². The molecule has 4 aromatic rings. The molecule has 1 amide bonds. The largest absolute Gasteiger partial charge is 0.495 e. The van der Waals surface area contributed by atoms with Crippen molar-refractivity contribution < 1.29 is 18.3 Å². The van der Waals surface area contributed by atoms with Crippen molar-refractivity contribution >= 4 is 34.7 Å². The van der Waals surface area contributed by atoms with Gasteiger partial charge in [-0.3, -0.25) is 9.36 Å². The third kappa shape index (κ3) is 4.75. The van der Waals surface area contributed by atoms with Crippen LogP contribution in [0.5, 0.6) is 5.75 Å². The highest BCUT2D eigenvalue weighted by Crippen LogP contribution is 2.34. The molecule has 158 valence electrons. The highest BCUT2D eigenvalue weighted by molar-refractivity contribution is 7.99. The van der Waals surface area contributed by atoms with E-state index in [0.717, 1.165) is 40.5 Å². The molecule has 2 aromatic carbocycles. The Morgan fingerprint density at radius 3 is 2.61 bits per heavy atom. The van der Waals surface area contributed by atoms with E-state index in [-0.39, 0.29) is 11.4 Å². The lowest BCUT2D eigenvalue weighted by molar-refractivity contribution is -0.113. The smallest absolute Gasteiger partial charge is 0.234 e. The van der Waals surface area contributed by atoms with E-state index >= 15 is 0 Å². The molecule has 10 heteroatoms. The van der Waals surface area contributed by atoms with Gasteiger partial charge in [0.15, 0.2) is 11.0 Å². The Hall–Kier alpha value is -3.24. The topological polar surface area (TPSA) is 69.0 Å². The number of halogens is 2. The van der Waals surface area contributed by atoms with Gasteiger partial charge in [0, 0.05) is 11.8 Å². The van der Waals surface area contributed by atoms with Gasteiger partial charge < -0.3 is 10.1 Å². The van der Waals surface area contributed by atoms with Crippen LogP contribution in [-0.2, 0) is 4.79 Å². The molecule has 0 aliphatic heterocycles. The van der Waals surface area contributed by atoms with E-state index in [0.29, 0.717) is 16.7 Å². The molecule has 0 unspecified atom stereocenters. The third-order valence-electron chi connectivity index (χ3n) is 4.18. The number of nitrogens with one attached hydrogen (secondary N) is 1. The number of carbonyl (C=O) groups is 1. The zero-order chi connectivity index (χ0) is 21.8. The number of rotatable bonds is 7. The highest BCUT2D eigenvalue weighted by Gasteiger charge is 2.20. The first-order chi connectivity index (χ1) is 15.0. The number of carbonyl (C=O) groups excluding carboxylic acids is 1. The number of hydrogen-bond donors (Lipinski definition) is 1. The van der Waals surface area contributed by atoms with E-state index < -0.39 is 17.5 Å². The summed E-state index contributed by atoms with van der Waals surface area (Å²) in [4.78, 5) is 13.3. The first kappa shape index (κ1) is 21.0. The van der Waals surface area contributed by atoms with Crippen molar-refractivity contribution in [1.29, 1.82) is 0 Å². The minimum absolute atomic E-state index is 0.0319. The molecule has 0 aliphatic rings. The van der Waals surface area contributed by atoms with Crippen LogP contribution in [0.3, 0.4) is 0 Å². The molecular formula is C21H16F2N4O2S2. The monoisotopic (exact) mass is 458 g/mol. The van der Waals surface area contributed by atoms with Crippen LogP contribution in [-0.4, -0.2) is 33.5 Å². The Bertz CT molecular complexity index is 1190. The molecule has 0 fully saturated rings.